The third-order valence-corrected chi connectivity index (χ3v) is 3.21. The highest BCUT2D eigenvalue weighted by atomic mass is 16.5. The highest BCUT2D eigenvalue weighted by Crippen LogP contribution is 2.37. The van der Waals surface area contributed by atoms with Crippen LogP contribution in [0.1, 0.15) is 31.2 Å². The molecule has 1 aliphatic carbocycles. The summed E-state index contributed by atoms with van der Waals surface area (Å²) in [6.07, 6.45) is 2.54. The van der Waals surface area contributed by atoms with E-state index in [1.54, 1.807) is 0 Å². The first kappa shape index (κ1) is 10.5. The van der Waals surface area contributed by atoms with Crippen LogP contribution in [0.5, 0.6) is 5.75 Å². The van der Waals surface area contributed by atoms with Crippen molar-refractivity contribution in [2.45, 2.75) is 31.7 Å². The van der Waals surface area contributed by atoms with Crippen LogP contribution < -0.4 is 10.1 Å². The highest BCUT2D eigenvalue weighted by Gasteiger charge is 2.28. The fourth-order valence-electron chi connectivity index (χ4n) is 2.13. The normalized spacial score (nSPS) is 24.7. The molecule has 1 aliphatic rings. The van der Waals surface area contributed by atoms with E-state index in [1.165, 1.54) is 18.4 Å². The lowest BCUT2D eigenvalue weighted by Crippen LogP contribution is -2.37. The van der Waals surface area contributed by atoms with Crippen LogP contribution in [0.15, 0.2) is 24.3 Å². The van der Waals surface area contributed by atoms with Gasteiger partial charge in [0.05, 0.1) is 6.61 Å². The molecule has 82 valence electrons. The fourth-order valence-corrected chi connectivity index (χ4v) is 2.13. The minimum absolute atomic E-state index is 0.724. The number of benzene rings is 1. The van der Waals surface area contributed by atoms with Crippen molar-refractivity contribution < 1.29 is 4.74 Å². The van der Waals surface area contributed by atoms with Gasteiger partial charge in [-0.15, -0.1) is 0 Å². The zero-order chi connectivity index (χ0) is 10.7. The van der Waals surface area contributed by atoms with Crippen LogP contribution in [-0.4, -0.2) is 19.7 Å². The van der Waals surface area contributed by atoms with E-state index in [-0.39, 0.29) is 0 Å². The van der Waals surface area contributed by atoms with Gasteiger partial charge >= 0.3 is 0 Å². The molecule has 0 heterocycles. The number of hydrogen-bond donors (Lipinski definition) is 1. The van der Waals surface area contributed by atoms with E-state index in [0.29, 0.717) is 0 Å². The molecule has 0 bridgehead atoms. The molecule has 0 aromatic heterocycles. The summed E-state index contributed by atoms with van der Waals surface area (Å²) in [5.74, 6) is 1.73. The predicted octanol–water partition coefficient (Wildman–Crippen LogP) is 2.55. The minimum Gasteiger partial charge on any atom is -0.494 e. The van der Waals surface area contributed by atoms with Gasteiger partial charge in [-0.2, -0.15) is 0 Å². The van der Waals surface area contributed by atoms with Gasteiger partial charge in [-0.1, -0.05) is 12.1 Å². The van der Waals surface area contributed by atoms with Gasteiger partial charge in [0.2, 0.25) is 0 Å². The second kappa shape index (κ2) is 4.67. The SMILES string of the molecule is CCOc1ccc(C2CC(NC)C2)cc1. The molecule has 0 unspecified atom stereocenters. The van der Waals surface area contributed by atoms with E-state index in [1.807, 2.05) is 14.0 Å². The van der Waals surface area contributed by atoms with Crippen molar-refractivity contribution in [3.05, 3.63) is 29.8 Å². The Morgan fingerprint density at radius 2 is 1.93 bits per heavy atom. The first-order valence-corrected chi connectivity index (χ1v) is 5.73. The van der Waals surface area contributed by atoms with Gasteiger partial charge in [-0.05, 0) is 50.4 Å². The third-order valence-electron chi connectivity index (χ3n) is 3.21. The number of rotatable bonds is 4. The summed E-state index contributed by atoms with van der Waals surface area (Å²) in [7, 11) is 2.04. The van der Waals surface area contributed by atoms with E-state index in [0.717, 1.165) is 24.3 Å². The van der Waals surface area contributed by atoms with Crippen LogP contribution in [0.4, 0.5) is 0 Å². The molecule has 1 N–H and O–H groups in total. The topological polar surface area (TPSA) is 21.3 Å². The maximum Gasteiger partial charge on any atom is 0.119 e. The molecule has 2 heteroatoms. The Morgan fingerprint density at radius 3 is 2.47 bits per heavy atom. The molecule has 2 nitrogen and oxygen atoms in total. The van der Waals surface area contributed by atoms with Crippen LogP contribution in [0.3, 0.4) is 0 Å². The largest absolute Gasteiger partial charge is 0.494 e. The molecule has 0 amide bonds. The van der Waals surface area contributed by atoms with Crippen LogP contribution in [0.2, 0.25) is 0 Å². The molecule has 0 aliphatic heterocycles. The van der Waals surface area contributed by atoms with Crippen molar-refractivity contribution in [3.8, 4) is 5.75 Å². The van der Waals surface area contributed by atoms with Crippen molar-refractivity contribution in [2.24, 2.45) is 0 Å². The highest BCUT2D eigenvalue weighted by molar-refractivity contribution is 5.30. The van der Waals surface area contributed by atoms with Gasteiger partial charge in [0, 0.05) is 6.04 Å². The standard InChI is InChI=1S/C13H19NO/c1-3-15-13-6-4-10(5-7-13)11-8-12(9-11)14-2/h4-7,11-12,14H,3,8-9H2,1-2H3. The lowest BCUT2D eigenvalue weighted by atomic mass is 9.76. The summed E-state index contributed by atoms with van der Waals surface area (Å²) < 4.78 is 5.42. The minimum atomic E-state index is 0.724. The second-order valence-corrected chi connectivity index (χ2v) is 4.16. The van der Waals surface area contributed by atoms with Gasteiger partial charge in [0.15, 0.2) is 0 Å². The Bertz CT molecular complexity index is 301. The summed E-state index contributed by atoms with van der Waals surface area (Å²) in [6.45, 7) is 2.75. The predicted molar refractivity (Wildman–Crippen MR) is 62.4 cm³/mol. The first-order chi connectivity index (χ1) is 7.33. The molecule has 1 fully saturated rings. The number of nitrogens with one attached hydrogen (secondary N) is 1. The molecule has 15 heavy (non-hydrogen) atoms. The van der Waals surface area contributed by atoms with Crippen LogP contribution in [-0.2, 0) is 0 Å². The van der Waals surface area contributed by atoms with Crippen molar-refractivity contribution in [2.75, 3.05) is 13.7 Å². The van der Waals surface area contributed by atoms with Gasteiger partial charge < -0.3 is 10.1 Å². The Balaban J connectivity index is 1.93. The van der Waals surface area contributed by atoms with E-state index in [4.69, 9.17) is 4.74 Å². The van der Waals surface area contributed by atoms with Crippen molar-refractivity contribution in [1.29, 1.82) is 0 Å². The Labute approximate surface area is 91.6 Å². The van der Waals surface area contributed by atoms with Gasteiger partial charge in [-0.25, -0.2) is 0 Å². The molecule has 0 spiro atoms. The van der Waals surface area contributed by atoms with Crippen molar-refractivity contribution >= 4 is 0 Å². The molecule has 1 aromatic rings. The summed E-state index contributed by atoms with van der Waals surface area (Å²) in [5, 5.41) is 3.31. The monoisotopic (exact) mass is 205 g/mol. The Kier molecular flexibility index (Phi) is 3.27. The maximum absolute atomic E-state index is 5.42. The van der Waals surface area contributed by atoms with Crippen molar-refractivity contribution in [3.63, 3.8) is 0 Å². The smallest absolute Gasteiger partial charge is 0.119 e. The van der Waals surface area contributed by atoms with Gasteiger partial charge in [0.1, 0.15) is 5.75 Å². The summed E-state index contributed by atoms with van der Waals surface area (Å²) in [6, 6.07) is 9.27. The first-order valence-electron chi connectivity index (χ1n) is 5.73. The molecule has 2 rings (SSSR count). The third kappa shape index (κ3) is 2.32. The molecule has 1 aromatic carbocycles. The molecular formula is C13H19NO. The summed E-state index contributed by atoms with van der Waals surface area (Å²) in [4.78, 5) is 0. The zero-order valence-electron chi connectivity index (χ0n) is 9.49. The fraction of sp³-hybridized carbons (Fsp3) is 0.538. The quantitative estimate of drug-likeness (QED) is 0.815. The lowest BCUT2D eigenvalue weighted by Gasteiger charge is -2.35. The van der Waals surface area contributed by atoms with E-state index >= 15 is 0 Å². The summed E-state index contributed by atoms with van der Waals surface area (Å²) >= 11 is 0. The molecular weight excluding hydrogens is 186 g/mol. The van der Waals surface area contributed by atoms with Crippen molar-refractivity contribution in [1.82, 2.24) is 5.32 Å². The molecule has 1 saturated carbocycles. The molecule has 0 radical (unpaired) electrons. The van der Waals surface area contributed by atoms with Crippen LogP contribution in [0.25, 0.3) is 0 Å². The zero-order valence-corrected chi connectivity index (χ0v) is 9.49. The lowest BCUT2D eigenvalue weighted by molar-refractivity contribution is 0.306. The summed E-state index contributed by atoms with van der Waals surface area (Å²) in [5.41, 5.74) is 1.45. The number of ether oxygens (including phenoxy) is 1. The Morgan fingerprint density at radius 1 is 1.27 bits per heavy atom. The average Bonchev–Trinajstić information content (AvgIpc) is 2.19. The van der Waals surface area contributed by atoms with E-state index < -0.39 is 0 Å². The van der Waals surface area contributed by atoms with Crippen LogP contribution >= 0.6 is 0 Å². The van der Waals surface area contributed by atoms with Gasteiger partial charge in [0.25, 0.3) is 0 Å². The van der Waals surface area contributed by atoms with Gasteiger partial charge in [-0.3, -0.25) is 0 Å². The average molecular weight is 205 g/mol. The number of hydrogen-bond acceptors (Lipinski definition) is 2. The Hall–Kier alpha value is -1.02. The maximum atomic E-state index is 5.42. The second-order valence-electron chi connectivity index (χ2n) is 4.16. The van der Waals surface area contributed by atoms with E-state index in [2.05, 4.69) is 29.6 Å². The van der Waals surface area contributed by atoms with Crippen LogP contribution in [0, 0.1) is 0 Å². The molecule has 0 atom stereocenters. The molecule has 0 saturated heterocycles. The van der Waals surface area contributed by atoms with E-state index in [9.17, 15) is 0 Å².